The highest BCUT2D eigenvalue weighted by molar-refractivity contribution is 6.01. The lowest BCUT2D eigenvalue weighted by atomic mass is 9.98. The molecule has 3 rings (SSSR count). The summed E-state index contributed by atoms with van der Waals surface area (Å²) in [5.41, 5.74) is 3.20. The van der Waals surface area contributed by atoms with Crippen LogP contribution in [0.1, 0.15) is 45.7 Å². The van der Waals surface area contributed by atoms with Gasteiger partial charge < -0.3 is 15.2 Å². The lowest BCUT2D eigenvalue weighted by molar-refractivity contribution is 0.0693. The molecule has 0 radical (unpaired) electrons. The van der Waals surface area contributed by atoms with Gasteiger partial charge in [-0.25, -0.2) is 4.79 Å². The van der Waals surface area contributed by atoms with E-state index in [0.29, 0.717) is 22.5 Å². The fourth-order valence-electron chi connectivity index (χ4n) is 3.28. The molecule has 0 unspecified atom stereocenters. The average Bonchev–Trinajstić information content (AvgIpc) is 2.69. The maximum absolute atomic E-state index is 11.5. The van der Waals surface area contributed by atoms with Crippen molar-refractivity contribution in [2.24, 2.45) is 0 Å². The molecule has 1 heterocycles. The van der Waals surface area contributed by atoms with Crippen LogP contribution in [0.25, 0.3) is 10.8 Å². The summed E-state index contributed by atoms with van der Waals surface area (Å²) >= 11 is 0. The largest absolute Gasteiger partial charge is 0.496 e. The average molecular weight is 376 g/mol. The molecule has 1 aromatic heterocycles. The van der Waals surface area contributed by atoms with E-state index < -0.39 is 5.97 Å². The number of fused-ring (bicyclic) bond motifs is 1. The van der Waals surface area contributed by atoms with Crippen LogP contribution in [0.15, 0.2) is 30.3 Å². The first-order valence-electron chi connectivity index (χ1n) is 8.71. The number of hydrogen-bond donors (Lipinski definition) is 2. The Morgan fingerprint density at radius 3 is 2.64 bits per heavy atom. The van der Waals surface area contributed by atoms with E-state index in [1.54, 1.807) is 25.1 Å². The van der Waals surface area contributed by atoms with Crippen LogP contribution in [0, 0.1) is 25.2 Å². The summed E-state index contributed by atoms with van der Waals surface area (Å²) in [6.45, 7) is 5.66. The number of ether oxygens (including phenoxy) is 1. The molecule has 142 valence electrons. The van der Waals surface area contributed by atoms with Gasteiger partial charge in [0.2, 0.25) is 0 Å². The van der Waals surface area contributed by atoms with Crippen molar-refractivity contribution in [1.29, 1.82) is 5.26 Å². The van der Waals surface area contributed by atoms with Gasteiger partial charge >= 0.3 is 5.97 Å². The number of nitrogens with one attached hydrogen (secondary N) is 1. The van der Waals surface area contributed by atoms with E-state index in [4.69, 9.17) is 4.74 Å². The molecule has 0 aliphatic rings. The summed E-state index contributed by atoms with van der Waals surface area (Å²) in [5.74, 6) is -0.294. The third-order valence-corrected chi connectivity index (χ3v) is 4.83. The van der Waals surface area contributed by atoms with Gasteiger partial charge in [0.15, 0.2) is 5.82 Å². The number of nitriles is 1. The number of aromatic carboxylic acids is 1. The molecule has 28 heavy (non-hydrogen) atoms. The molecule has 0 aliphatic heterocycles. The fraction of sp³-hybridized carbons (Fsp3) is 0.238. The second kappa shape index (κ2) is 7.53. The Morgan fingerprint density at radius 1 is 1.25 bits per heavy atom. The van der Waals surface area contributed by atoms with Crippen LogP contribution in [0.3, 0.4) is 0 Å². The van der Waals surface area contributed by atoms with Crippen LogP contribution in [-0.4, -0.2) is 28.4 Å². The summed E-state index contributed by atoms with van der Waals surface area (Å²) in [7, 11) is 1.43. The first-order valence-corrected chi connectivity index (χ1v) is 8.71. The summed E-state index contributed by atoms with van der Waals surface area (Å²) in [4.78, 5) is 11.5. The van der Waals surface area contributed by atoms with Crippen LogP contribution in [0.4, 0.5) is 5.82 Å². The third-order valence-electron chi connectivity index (χ3n) is 4.83. The molecule has 7 heteroatoms. The molecule has 2 aromatic carbocycles. The third kappa shape index (κ3) is 3.32. The number of anilines is 1. The van der Waals surface area contributed by atoms with Crippen LogP contribution in [0.2, 0.25) is 0 Å². The minimum absolute atomic E-state index is 0.0719. The molecule has 7 nitrogen and oxygen atoms in total. The predicted molar refractivity (Wildman–Crippen MR) is 106 cm³/mol. The minimum atomic E-state index is -1.07. The van der Waals surface area contributed by atoms with E-state index in [2.05, 4.69) is 21.6 Å². The quantitative estimate of drug-likeness (QED) is 0.693. The number of nitrogens with zero attached hydrogens (tertiary/aromatic N) is 3. The second-order valence-electron chi connectivity index (χ2n) is 6.53. The number of rotatable bonds is 5. The van der Waals surface area contributed by atoms with Crippen molar-refractivity contribution in [3.05, 3.63) is 58.3 Å². The Balaban J connectivity index is 2.10. The first kappa shape index (κ1) is 19.1. The van der Waals surface area contributed by atoms with Gasteiger partial charge in [0, 0.05) is 10.8 Å². The Morgan fingerprint density at radius 2 is 2.00 bits per heavy atom. The normalized spacial score (nSPS) is 11.7. The van der Waals surface area contributed by atoms with E-state index in [1.165, 1.54) is 7.11 Å². The van der Waals surface area contributed by atoms with Gasteiger partial charge in [0.1, 0.15) is 11.3 Å². The molecule has 0 saturated carbocycles. The Bertz CT molecular complexity index is 1120. The maximum Gasteiger partial charge on any atom is 0.339 e. The molecule has 0 aliphatic carbocycles. The van der Waals surface area contributed by atoms with E-state index in [9.17, 15) is 15.2 Å². The molecule has 0 saturated heterocycles. The molecule has 3 aromatic rings. The number of carboxylic acid groups (broad SMARTS) is 1. The highest BCUT2D eigenvalue weighted by Crippen LogP contribution is 2.33. The maximum atomic E-state index is 11.5. The number of hydrogen-bond acceptors (Lipinski definition) is 6. The molecule has 1 atom stereocenters. The van der Waals surface area contributed by atoms with Gasteiger partial charge in [-0.15, -0.1) is 5.10 Å². The Labute approximate surface area is 162 Å². The van der Waals surface area contributed by atoms with Gasteiger partial charge in [-0.2, -0.15) is 10.4 Å². The van der Waals surface area contributed by atoms with Crippen LogP contribution < -0.4 is 10.1 Å². The Hall–Kier alpha value is -3.66. The topological polar surface area (TPSA) is 108 Å². The van der Waals surface area contributed by atoms with Gasteiger partial charge in [0.05, 0.1) is 30.5 Å². The van der Waals surface area contributed by atoms with Crippen molar-refractivity contribution in [1.82, 2.24) is 10.2 Å². The molecular weight excluding hydrogens is 356 g/mol. The van der Waals surface area contributed by atoms with Crippen molar-refractivity contribution >= 4 is 22.6 Å². The zero-order chi connectivity index (χ0) is 20.4. The zero-order valence-electron chi connectivity index (χ0n) is 16.1. The molecule has 0 spiro atoms. The molecule has 0 fully saturated rings. The molecule has 0 amide bonds. The summed E-state index contributed by atoms with van der Waals surface area (Å²) in [6, 6.07) is 10.9. The lowest BCUT2D eigenvalue weighted by Gasteiger charge is -2.19. The number of aromatic nitrogens is 2. The van der Waals surface area contributed by atoms with Gasteiger partial charge in [-0.3, -0.25) is 0 Å². The number of methoxy groups -OCH3 is 1. The Kier molecular flexibility index (Phi) is 5.14. The van der Waals surface area contributed by atoms with Crippen molar-refractivity contribution in [2.45, 2.75) is 26.8 Å². The number of aryl methyl sites for hydroxylation is 1. The van der Waals surface area contributed by atoms with Crippen LogP contribution in [-0.2, 0) is 0 Å². The second-order valence-corrected chi connectivity index (χ2v) is 6.53. The highest BCUT2D eigenvalue weighted by atomic mass is 16.5. The summed E-state index contributed by atoms with van der Waals surface area (Å²) in [6.07, 6.45) is 0. The van der Waals surface area contributed by atoms with Gasteiger partial charge in [0.25, 0.3) is 0 Å². The zero-order valence-corrected chi connectivity index (χ0v) is 16.1. The van der Waals surface area contributed by atoms with Crippen molar-refractivity contribution < 1.29 is 14.6 Å². The monoisotopic (exact) mass is 376 g/mol. The standard InChI is InChI=1S/C21H20N4O3/c1-11-14(10-22)6-5-7-15(11)12(2)23-20-17-9-19(28-4)18(21(26)27)8-16(17)13(3)24-25-20/h5-9,12H,1-4H3,(H,23,25)(H,26,27)/t12-/m1/s1. The smallest absolute Gasteiger partial charge is 0.339 e. The van der Waals surface area contributed by atoms with Crippen molar-refractivity contribution in [3.8, 4) is 11.8 Å². The van der Waals surface area contributed by atoms with Crippen LogP contribution in [0.5, 0.6) is 5.75 Å². The number of carboxylic acids is 1. The van der Waals surface area contributed by atoms with E-state index >= 15 is 0 Å². The predicted octanol–water partition coefficient (Wildman–Crippen LogP) is 4.00. The number of benzene rings is 2. The van der Waals surface area contributed by atoms with Gasteiger partial charge in [-0.05, 0) is 50.1 Å². The van der Waals surface area contributed by atoms with Crippen molar-refractivity contribution in [3.63, 3.8) is 0 Å². The summed E-state index contributed by atoms with van der Waals surface area (Å²) in [5, 5.41) is 31.9. The van der Waals surface area contributed by atoms with Gasteiger partial charge in [-0.1, -0.05) is 12.1 Å². The van der Waals surface area contributed by atoms with E-state index in [0.717, 1.165) is 16.5 Å². The molecule has 0 bridgehead atoms. The fourth-order valence-corrected chi connectivity index (χ4v) is 3.28. The molecule has 2 N–H and O–H groups in total. The van der Waals surface area contributed by atoms with Crippen molar-refractivity contribution in [2.75, 3.05) is 12.4 Å². The van der Waals surface area contributed by atoms with Crippen LogP contribution >= 0.6 is 0 Å². The SMILES string of the molecule is COc1cc2c(N[C@H](C)c3cccc(C#N)c3C)nnc(C)c2cc1C(=O)O. The first-order chi connectivity index (χ1) is 13.4. The minimum Gasteiger partial charge on any atom is -0.496 e. The van der Waals surface area contributed by atoms with E-state index in [1.807, 2.05) is 26.0 Å². The number of carbonyl (C=O) groups is 1. The highest BCUT2D eigenvalue weighted by Gasteiger charge is 2.18. The summed E-state index contributed by atoms with van der Waals surface area (Å²) < 4.78 is 5.26. The lowest BCUT2D eigenvalue weighted by Crippen LogP contribution is -2.12. The van der Waals surface area contributed by atoms with E-state index in [-0.39, 0.29) is 17.4 Å². The molecular formula is C21H20N4O3.